The number of hydrogen-bond acceptors (Lipinski definition) is 0. The van der Waals surface area contributed by atoms with Crippen molar-refractivity contribution < 1.29 is 0 Å². The van der Waals surface area contributed by atoms with E-state index < -0.39 is 0 Å². The zero-order chi connectivity index (χ0) is 10.9. The monoisotopic (exact) mass is 254 g/mol. The van der Waals surface area contributed by atoms with E-state index in [-0.39, 0.29) is 0 Å². The minimum Gasteiger partial charge on any atom is -0.0887 e. The van der Waals surface area contributed by atoms with E-state index in [1.807, 2.05) is 0 Å². The van der Waals surface area contributed by atoms with Crippen molar-refractivity contribution in [3.8, 4) is 0 Å². The number of halogens is 1. The largest absolute Gasteiger partial charge is 0.0887 e. The first-order valence-corrected chi connectivity index (χ1v) is 6.07. The molecule has 0 bridgehead atoms. The summed E-state index contributed by atoms with van der Waals surface area (Å²) < 4.78 is 0. The minimum atomic E-state index is 0.531. The second-order valence-electron chi connectivity index (χ2n) is 4.26. The molecule has 0 aromatic heterocycles. The zero-order valence-corrected chi connectivity index (χ0v) is 11.3. The van der Waals surface area contributed by atoms with Crippen molar-refractivity contribution in [3.63, 3.8) is 0 Å². The molecule has 1 aromatic rings. The highest BCUT2D eigenvalue weighted by Crippen LogP contribution is 2.28. The first-order valence-electron chi connectivity index (χ1n) is 5.15. The fourth-order valence-electron chi connectivity index (χ4n) is 1.72. The number of hydrogen-bond donors (Lipinski definition) is 0. The SMILES string of the molecule is Cc1cc(C)c(C(C)C(C)Br)cc1C. The quantitative estimate of drug-likeness (QED) is 0.682. The number of rotatable bonds is 2. The van der Waals surface area contributed by atoms with Crippen LogP contribution in [0.5, 0.6) is 0 Å². The van der Waals surface area contributed by atoms with Crippen molar-refractivity contribution in [2.24, 2.45) is 0 Å². The van der Waals surface area contributed by atoms with E-state index in [9.17, 15) is 0 Å². The van der Waals surface area contributed by atoms with Crippen molar-refractivity contribution in [3.05, 3.63) is 34.4 Å². The topological polar surface area (TPSA) is 0 Å². The van der Waals surface area contributed by atoms with Gasteiger partial charge in [0.05, 0.1) is 0 Å². The molecule has 0 aliphatic heterocycles. The van der Waals surface area contributed by atoms with E-state index in [0.29, 0.717) is 10.7 Å². The Morgan fingerprint density at radius 2 is 1.43 bits per heavy atom. The molecule has 2 unspecified atom stereocenters. The summed E-state index contributed by atoms with van der Waals surface area (Å²) in [5.74, 6) is 0.578. The van der Waals surface area contributed by atoms with Gasteiger partial charge in [0.25, 0.3) is 0 Å². The molecule has 0 aliphatic carbocycles. The Hall–Kier alpha value is -0.300. The molecule has 0 radical (unpaired) electrons. The van der Waals surface area contributed by atoms with Crippen LogP contribution in [0.4, 0.5) is 0 Å². The van der Waals surface area contributed by atoms with Gasteiger partial charge in [0.1, 0.15) is 0 Å². The smallest absolute Gasteiger partial charge is 0.0183 e. The lowest BCUT2D eigenvalue weighted by Crippen LogP contribution is -2.07. The Labute approximate surface area is 95.9 Å². The third-order valence-corrected chi connectivity index (χ3v) is 3.85. The molecule has 2 atom stereocenters. The van der Waals surface area contributed by atoms with Gasteiger partial charge < -0.3 is 0 Å². The molecule has 0 spiro atoms. The highest BCUT2D eigenvalue weighted by atomic mass is 79.9. The van der Waals surface area contributed by atoms with Crippen LogP contribution in [0.25, 0.3) is 0 Å². The van der Waals surface area contributed by atoms with Gasteiger partial charge in [-0.3, -0.25) is 0 Å². The van der Waals surface area contributed by atoms with E-state index in [0.717, 1.165) is 0 Å². The molecule has 0 heterocycles. The maximum Gasteiger partial charge on any atom is 0.0183 e. The van der Waals surface area contributed by atoms with Crippen LogP contribution in [-0.4, -0.2) is 4.83 Å². The van der Waals surface area contributed by atoms with Crippen molar-refractivity contribution >= 4 is 15.9 Å². The van der Waals surface area contributed by atoms with Gasteiger partial charge in [0, 0.05) is 4.83 Å². The van der Waals surface area contributed by atoms with Crippen LogP contribution in [0.1, 0.15) is 42.0 Å². The molecule has 0 saturated carbocycles. The second kappa shape index (κ2) is 4.48. The fourth-order valence-corrected chi connectivity index (χ4v) is 2.01. The van der Waals surface area contributed by atoms with Crippen molar-refractivity contribution in [2.75, 3.05) is 0 Å². The summed E-state index contributed by atoms with van der Waals surface area (Å²) in [4.78, 5) is 0.531. The molecule has 0 saturated heterocycles. The van der Waals surface area contributed by atoms with Crippen LogP contribution in [0, 0.1) is 20.8 Å². The fraction of sp³-hybridized carbons (Fsp3) is 0.538. The van der Waals surface area contributed by atoms with Crippen LogP contribution >= 0.6 is 15.9 Å². The minimum absolute atomic E-state index is 0.531. The zero-order valence-electron chi connectivity index (χ0n) is 9.69. The Kier molecular flexibility index (Phi) is 3.77. The van der Waals surface area contributed by atoms with Crippen LogP contribution in [0.3, 0.4) is 0 Å². The molecule has 0 aliphatic rings. The molecule has 78 valence electrons. The van der Waals surface area contributed by atoms with Crippen molar-refractivity contribution in [2.45, 2.75) is 45.4 Å². The molecule has 1 heteroatoms. The van der Waals surface area contributed by atoms with E-state index in [1.54, 1.807) is 0 Å². The Morgan fingerprint density at radius 3 is 1.93 bits per heavy atom. The average Bonchev–Trinajstić information content (AvgIpc) is 2.10. The number of benzene rings is 1. The summed E-state index contributed by atoms with van der Waals surface area (Å²) in [6, 6.07) is 4.61. The maximum absolute atomic E-state index is 3.65. The lowest BCUT2D eigenvalue weighted by molar-refractivity contribution is 0.754. The summed E-state index contributed by atoms with van der Waals surface area (Å²) >= 11 is 3.65. The Bertz CT molecular complexity index is 326. The van der Waals surface area contributed by atoms with Gasteiger partial charge in [0.2, 0.25) is 0 Å². The van der Waals surface area contributed by atoms with Crippen LogP contribution in [-0.2, 0) is 0 Å². The van der Waals surface area contributed by atoms with Gasteiger partial charge in [-0.1, -0.05) is 41.9 Å². The van der Waals surface area contributed by atoms with Crippen LogP contribution < -0.4 is 0 Å². The third-order valence-electron chi connectivity index (χ3n) is 3.06. The number of alkyl halides is 1. The van der Waals surface area contributed by atoms with E-state index in [4.69, 9.17) is 0 Å². The van der Waals surface area contributed by atoms with Gasteiger partial charge in [-0.05, 0) is 48.9 Å². The molecule has 0 nitrogen and oxygen atoms in total. The molecular formula is C13H19Br. The predicted molar refractivity (Wildman–Crippen MR) is 67.5 cm³/mol. The molecular weight excluding hydrogens is 236 g/mol. The van der Waals surface area contributed by atoms with E-state index in [1.165, 1.54) is 22.3 Å². The Morgan fingerprint density at radius 1 is 0.929 bits per heavy atom. The summed E-state index contributed by atoms with van der Waals surface area (Å²) in [5.41, 5.74) is 5.66. The lowest BCUT2D eigenvalue weighted by Gasteiger charge is -2.18. The van der Waals surface area contributed by atoms with E-state index >= 15 is 0 Å². The first kappa shape index (κ1) is 11.8. The third kappa shape index (κ3) is 2.38. The van der Waals surface area contributed by atoms with Crippen molar-refractivity contribution in [1.29, 1.82) is 0 Å². The Balaban J connectivity index is 3.15. The van der Waals surface area contributed by atoms with Gasteiger partial charge in [0.15, 0.2) is 0 Å². The summed E-state index contributed by atoms with van der Waals surface area (Å²) in [7, 11) is 0. The first-order chi connectivity index (χ1) is 6.43. The molecule has 1 rings (SSSR count). The normalized spacial score (nSPS) is 15.3. The van der Waals surface area contributed by atoms with Crippen LogP contribution in [0.15, 0.2) is 12.1 Å². The average molecular weight is 255 g/mol. The summed E-state index contributed by atoms with van der Waals surface area (Å²) in [6.45, 7) is 11.0. The van der Waals surface area contributed by atoms with Gasteiger partial charge in [-0.2, -0.15) is 0 Å². The standard InChI is InChI=1S/C13H19Br/c1-8-6-10(3)13(7-9(8)2)11(4)12(5)14/h6-7,11-12H,1-5H3. The second-order valence-corrected chi connectivity index (χ2v) is 5.70. The summed E-state index contributed by atoms with van der Waals surface area (Å²) in [6.07, 6.45) is 0. The number of aryl methyl sites for hydroxylation is 3. The molecule has 0 amide bonds. The predicted octanol–water partition coefficient (Wildman–Crippen LogP) is 4.50. The van der Waals surface area contributed by atoms with Gasteiger partial charge in [-0.25, -0.2) is 0 Å². The molecule has 1 aromatic carbocycles. The highest BCUT2D eigenvalue weighted by Gasteiger charge is 2.14. The lowest BCUT2D eigenvalue weighted by atomic mass is 9.91. The maximum atomic E-state index is 3.65. The highest BCUT2D eigenvalue weighted by molar-refractivity contribution is 9.09. The van der Waals surface area contributed by atoms with Gasteiger partial charge >= 0.3 is 0 Å². The van der Waals surface area contributed by atoms with Crippen molar-refractivity contribution in [1.82, 2.24) is 0 Å². The van der Waals surface area contributed by atoms with Gasteiger partial charge in [-0.15, -0.1) is 0 Å². The summed E-state index contributed by atoms with van der Waals surface area (Å²) in [5, 5.41) is 0. The molecule has 0 N–H and O–H groups in total. The molecule has 0 fully saturated rings. The van der Waals surface area contributed by atoms with E-state index in [2.05, 4.69) is 62.7 Å². The molecule has 14 heavy (non-hydrogen) atoms. The van der Waals surface area contributed by atoms with Crippen LogP contribution in [0.2, 0.25) is 0 Å².